The summed E-state index contributed by atoms with van der Waals surface area (Å²) >= 11 is 0. The van der Waals surface area contributed by atoms with Gasteiger partial charge in [0, 0.05) is 41.8 Å². The quantitative estimate of drug-likeness (QED) is 0.186. The van der Waals surface area contributed by atoms with Crippen LogP contribution in [0.1, 0.15) is 61.5 Å². The second kappa shape index (κ2) is 13.1. The number of hydrogen-bond acceptors (Lipinski definition) is 3. The summed E-state index contributed by atoms with van der Waals surface area (Å²) in [5.41, 5.74) is 5.75. The Morgan fingerprint density at radius 1 is 0.846 bits per heavy atom. The molecule has 6 nitrogen and oxygen atoms in total. The van der Waals surface area contributed by atoms with Gasteiger partial charge in [0.25, 0.3) is 5.91 Å². The van der Waals surface area contributed by atoms with E-state index in [0.29, 0.717) is 25.1 Å². The molecule has 2 N–H and O–H groups in total. The molecule has 1 heterocycles. The first-order valence-electron chi connectivity index (χ1n) is 14.0. The average molecular weight is 546 g/mol. The van der Waals surface area contributed by atoms with Crippen molar-refractivity contribution in [1.29, 1.82) is 0 Å². The van der Waals surface area contributed by atoms with E-state index in [1.807, 2.05) is 68.4 Å². The van der Waals surface area contributed by atoms with Crippen LogP contribution < -0.4 is 4.72 Å². The van der Waals surface area contributed by atoms with Gasteiger partial charge in [-0.05, 0) is 80.1 Å². The fraction of sp³-hybridized carbons (Fsp3) is 0.344. The van der Waals surface area contributed by atoms with Crippen LogP contribution in [0.4, 0.5) is 0 Å². The Morgan fingerprint density at radius 2 is 1.54 bits per heavy atom. The van der Waals surface area contributed by atoms with Crippen molar-refractivity contribution >= 4 is 26.8 Å². The zero-order chi connectivity index (χ0) is 27.8. The average Bonchev–Trinajstić information content (AvgIpc) is 3.32. The number of aromatic nitrogens is 1. The number of nitrogens with zero attached hydrogens (tertiary/aromatic N) is 1. The lowest BCUT2D eigenvalue weighted by Crippen LogP contribution is -2.30. The molecule has 0 unspecified atom stereocenters. The summed E-state index contributed by atoms with van der Waals surface area (Å²) in [4.78, 5) is 18.3. The number of fused-ring (bicyclic) bond motifs is 1. The van der Waals surface area contributed by atoms with Gasteiger partial charge in [0.05, 0.1) is 4.90 Å². The van der Waals surface area contributed by atoms with Crippen LogP contribution in [-0.2, 0) is 22.9 Å². The van der Waals surface area contributed by atoms with Gasteiger partial charge in [-0.3, -0.25) is 4.79 Å². The predicted molar refractivity (Wildman–Crippen MR) is 160 cm³/mol. The molecule has 39 heavy (non-hydrogen) atoms. The molecule has 0 aliphatic rings. The fourth-order valence-corrected chi connectivity index (χ4v) is 6.02. The summed E-state index contributed by atoms with van der Waals surface area (Å²) in [6.45, 7) is 7.74. The van der Waals surface area contributed by atoms with Crippen molar-refractivity contribution in [2.45, 2.75) is 57.8 Å². The number of unbranched alkanes of at least 4 members (excludes halogenated alkanes) is 2. The number of H-pyrrole nitrogens is 1. The Hall–Kier alpha value is -3.42. The third-order valence-corrected chi connectivity index (χ3v) is 8.73. The van der Waals surface area contributed by atoms with Gasteiger partial charge in [0.15, 0.2) is 0 Å². The molecule has 0 aliphatic carbocycles. The van der Waals surface area contributed by atoms with E-state index in [1.165, 1.54) is 6.42 Å². The zero-order valence-electron chi connectivity index (χ0n) is 23.2. The molecular weight excluding hydrogens is 506 g/mol. The predicted octanol–water partition coefficient (Wildman–Crippen LogP) is 6.57. The Morgan fingerprint density at radius 3 is 2.21 bits per heavy atom. The molecule has 0 atom stereocenters. The van der Waals surface area contributed by atoms with Crippen LogP contribution in [0.5, 0.6) is 0 Å². The van der Waals surface area contributed by atoms with Crippen LogP contribution >= 0.6 is 0 Å². The number of sulfonamides is 1. The molecule has 4 aromatic rings. The SMILES string of the molecule is CCCCCc1ccc(S(=O)(=O)NCCc2c(-c3ccc(C(=O)N(CC)CC)cc3)[nH]c3ccccc23)cc1. The summed E-state index contributed by atoms with van der Waals surface area (Å²) in [7, 11) is -3.62. The number of hydrogen-bond donors (Lipinski definition) is 2. The highest BCUT2D eigenvalue weighted by atomic mass is 32.2. The normalized spacial score (nSPS) is 11.7. The molecule has 0 radical (unpaired) electrons. The summed E-state index contributed by atoms with van der Waals surface area (Å²) in [5, 5.41) is 1.06. The lowest BCUT2D eigenvalue weighted by atomic mass is 10.0. The number of rotatable bonds is 13. The molecule has 1 amide bonds. The number of nitrogens with one attached hydrogen (secondary N) is 2. The van der Waals surface area contributed by atoms with Gasteiger partial charge >= 0.3 is 0 Å². The van der Waals surface area contributed by atoms with E-state index >= 15 is 0 Å². The summed E-state index contributed by atoms with van der Waals surface area (Å²) in [5.74, 6) is 0.0202. The highest BCUT2D eigenvalue weighted by molar-refractivity contribution is 7.89. The fourth-order valence-electron chi connectivity index (χ4n) is 4.99. The molecule has 7 heteroatoms. The van der Waals surface area contributed by atoms with E-state index in [9.17, 15) is 13.2 Å². The smallest absolute Gasteiger partial charge is 0.253 e. The maximum atomic E-state index is 13.0. The molecule has 0 bridgehead atoms. The van der Waals surface area contributed by atoms with Crippen LogP contribution in [-0.4, -0.2) is 43.8 Å². The minimum atomic E-state index is -3.62. The number of benzene rings is 3. The summed E-state index contributed by atoms with van der Waals surface area (Å²) < 4.78 is 28.8. The summed E-state index contributed by atoms with van der Waals surface area (Å²) in [6, 6.07) is 22.9. The van der Waals surface area contributed by atoms with Crippen molar-refractivity contribution in [2.24, 2.45) is 0 Å². The Labute approximate surface area is 232 Å². The van der Waals surface area contributed by atoms with Gasteiger partial charge in [-0.1, -0.05) is 62.2 Å². The summed E-state index contributed by atoms with van der Waals surface area (Å²) in [6.07, 6.45) is 4.94. The van der Waals surface area contributed by atoms with Gasteiger partial charge < -0.3 is 9.88 Å². The first-order chi connectivity index (χ1) is 18.9. The van der Waals surface area contributed by atoms with Crippen LogP contribution in [0.15, 0.2) is 77.7 Å². The number of aryl methyl sites for hydroxylation is 1. The van der Waals surface area contributed by atoms with E-state index in [1.54, 1.807) is 17.0 Å². The highest BCUT2D eigenvalue weighted by Crippen LogP contribution is 2.31. The van der Waals surface area contributed by atoms with Crippen molar-refractivity contribution in [2.75, 3.05) is 19.6 Å². The Balaban J connectivity index is 1.51. The van der Waals surface area contributed by atoms with E-state index in [2.05, 4.69) is 22.7 Å². The van der Waals surface area contributed by atoms with Crippen molar-refractivity contribution < 1.29 is 13.2 Å². The maximum absolute atomic E-state index is 13.0. The number of aromatic amines is 1. The number of amides is 1. The number of para-hydroxylation sites is 1. The second-order valence-electron chi connectivity index (χ2n) is 9.83. The molecule has 0 saturated carbocycles. The van der Waals surface area contributed by atoms with E-state index in [4.69, 9.17) is 0 Å². The third-order valence-electron chi connectivity index (χ3n) is 7.25. The molecule has 0 saturated heterocycles. The molecule has 0 fully saturated rings. The van der Waals surface area contributed by atoms with Crippen LogP contribution in [0, 0.1) is 0 Å². The first-order valence-corrected chi connectivity index (χ1v) is 15.4. The number of carbonyl (C=O) groups excluding carboxylic acids is 1. The van der Waals surface area contributed by atoms with Gasteiger partial charge in [-0.25, -0.2) is 13.1 Å². The van der Waals surface area contributed by atoms with E-state index in [0.717, 1.165) is 52.5 Å². The molecule has 4 rings (SSSR count). The van der Waals surface area contributed by atoms with Crippen molar-refractivity contribution in [3.8, 4) is 11.3 Å². The molecule has 0 spiro atoms. The minimum Gasteiger partial charge on any atom is -0.354 e. The van der Waals surface area contributed by atoms with E-state index < -0.39 is 10.0 Å². The minimum absolute atomic E-state index is 0.0202. The van der Waals surface area contributed by atoms with Gasteiger partial charge in [-0.15, -0.1) is 0 Å². The molecule has 0 aliphatic heterocycles. The lowest BCUT2D eigenvalue weighted by Gasteiger charge is -2.18. The third kappa shape index (κ3) is 6.78. The van der Waals surface area contributed by atoms with Crippen LogP contribution in [0.25, 0.3) is 22.2 Å². The number of carbonyl (C=O) groups is 1. The van der Waals surface area contributed by atoms with Gasteiger partial charge in [0.2, 0.25) is 10.0 Å². The first kappa shape index (κ1) is 28.6. The monoisotopic (exact) mass is 545 g/mol. The largest absolute Gasteiger partial charge is 0.354 e. The molecular formula is C32H39N3O3S. The topological polar surface area (TPSA) is 82.3 Å². The Kier molecular flexibility index (Phi) is 9.59. The maximum Gasteiger partial charge on any atom is 0.253 e. The highest BCUT2D eigenvalue weighted by Gasteiger charge is 2.18. The standard InChI is InChI=1S/C32H39N3O3S/c1-4-7-8-11-24-14-20-27(21-15-24)39(37,38)33-23-22-29-28-12-9-10-13-30(28)34-31(29)25-16-18-26(19-17-25)32(36)35(5-2)6-3/h9-10,12-21,33-34H,4-8,11,22-23H2,1-3H3. The van der Waals surface area contributed by atoms with E-state index in [-0.39, 0.29) is 17.3 Å². The Bertz CT molecular complexity index is 1490. The van der Waals surface area contributed by atoms with Gasteiger partial charge in [-0.2, -0.15) is 0 Å². The molecule has 3 aromatic carbocycles. The molecule has 1 aromatic heterocycles. The zero-order valence-corrected chi connectivity index (χ0v) is 24.0. The molecule has 206 valence electrons. The van der Waals surface area contributed by atoms with Crippen molar-refractivity contribution in [3.63, 3.8) is 0 Å². The van der Waals surface area contributed by atoms with Gasteiger partial charge in [0.1, 0.15) is 0 Å². The van der Waals surface area contributed by atoms with Crippen LogP contribution in [0.3, 0.4) is 0 Å². The van der Waals surface area contributed by atoms with Crippen molar-refractivity contribution in [1.82, 2.24) is 14.6 Å². The van der Waals surface area contributed by atoms with Crippen LogP contribution in [0.2, 0.25) is 0 Å². The van der Waals surface area contributed by atoms with Crippen molar-refractivity contribution in [3.05, 3.63) is 89.5 Å². The lowest BCUT2D eigenvalue weighted by molar-refractivity contribution is 0.0773. The second-order valence-corrected chi connectivity index (χ2v) is 11.6.